The van der Waals surface area contributed by atoms with Gasteiger partial charge in [0.1, 0.15) is 0 Å². The van der Waals surface area contributed by atoms with Crippen LogP contribution in [0.1, 0.15) is 33.5 Å². The number of rotatable bonds is 9. The molecule has 336 valence electrons. The fourth-order valence-electron chi connectivity index (χ4n) is 5.38. The van der Waals surface area contributed by atoms with Gasteiger partial charge in [-0.05, 0) is 96.1 Å². The number of nitrogens with zero attached hydrogens (tertiary/aromatic N) is 1. The lowest BCUT2D eigenvalue weighted by Crippen LogP contribution is -2.11. The van der Waals surface area contributed by atoms with Gasteiger partial charge in [0.25, 0.3) is 0 Å². The lowest BCUT2D eigenvalue weighted by atomic mass is 10.2. The Balaban J connectivity index is 0.000000207. The van der Waals surface area contributed by atoms with E-state index >= 15 is 0 Å². The summed E-state index contributed by atoms with van der Waals surface area (Å²) in [5.74, 6) is 0. The van der Waals surface area contributed by atoms with Crippen molar-refractivity contribution in [2.45, 2.75) is 67.5 Å². The third-order valence-electron chi connectivity index (χ3n) is 8.66. The normalized spacial score (nSPS) is 12.4. The Labute approximate surface area is 356 Å². The molecule has 0 amide bonds. The van der Waals surface area contributed by atoms with Gasteiger partial charge >= 0.3 is 18.5 Å². The van der Waals surface area contributed by atoms with Crippen molar-refractivity contribution < 1.29 is 64.8 Å². The molecule has 0 atom stereocenters. The maximum Gasteiger partial charge on any atom is 0.416 e. The molecule has 63 heavy (non-hydrogen) atoms. The van der Waals surface area contributed by atoms with E-state index in [1.165, 1.54) is 48.5 Å². The first-order valence-electron chi connectivity index (χ1n) is 17.8. The van der Waals surface area contributed by atoms with Gasteiger partial charge in [-0.3, -0.25) is 4.98 Å². The zero-order valence-electron chi connectivity index (χ0n) is 32.2. The van der Waals surface area contributed by atoms with Gasteiger partial charge in [-0.2, -0.15) is 39.5 Å². The largest absolute Gasteiger partial charge is 0.416 e. The minimum atomic E-state index is -4.60. The van der Waals surface area contributed by atoms with E-state index in [0.29, 0.717) is 35.0 Å². The summed E-state index contributed by atoms with van der Waals surface area (Å²) in [4.78, 5) is 2.26. The molecule has 0 aliphatic rings. The number of halogens is 9. The lowest BCUT2D eigenvalue weighted by Gasteiger charge is -2.11. The van der Waals surface area contributed by atoms with E-state index in [-0.39, 0.29) is 34.3 Å². The van der Waals surface area contributed by atoms with Crippen molar-refractivity contribution in [3.8, 4) is 0 Å². The molecule has 0 unspecified atom stereocenters. The summed E-state index contributed by atoms with van der Waals surface area (Å²) in [5, 5.41) is 0. The first-order valence-corrected chi connectivity index (χ1v) is 22.2. The summed E-state index contributed by atoms with van der Waals surface area (Å²) in [5.41, 5.74) is 14.7. The van der Waals surface area contributed by atoms with Crippen LogP contribution >= 0.6 is 0 Å². The molecule has 0 radical (unpaired) electrons. The Hall–Kier alpha value is -5.65. The Morgan fingerprint density at radius 2 is 0.825 bits per heavy atom. The first-order chi connectivity index (χ1) is 29.3. The van der Waals surface area contributed by atoms with Crippen molar-refractivity contribution in [2.75, 3.05) is 0 Å². The summed E-state index contributed by atoms with van der Waals surface area (Å²) < 4.78 is 188. The van der Waals surface area contributed by atoms with Crippen LogP contribution in [-0.2, 0) is 67.7 Å². The van der Waals surface area contributed by atoms with Crippen molar-refractivity contribution in [1.29, 1.82) is 0 Å². The second-order valence-electron chi connectivity index (χ2n) is 12.9. The fraction of sp³-hybridized carbons (Fsp3) is 0.146. The Morgan fingerprint density at radius 3 is 1.22 bits per heavy atom. The van der Waals surface area contributed by atoms with Gasteiger partial charge < -0.3 is 17.2 Å². The number of alkyl halides is 9. The number of hydrogen-bond donors (Lipinski definition) is 3. The number of aromatic nitrogens is 1. The minimum Gasteiger partial charge on any atom is -0.326 e. The topological polar surface area (TPSA) is 193 Å². The highest BCUT2D eigenvalue weighted by molar-refractivity contribution is 7.92. The zero-order chi connectivity index (χ0) is 47.0. The number of sulfone groups is 3. The average Bonchev–Trinajstić information content (AvgIpc) is 3.26. The molecule has 0 aliphatic carbocycles. The van der Waals surface area contributed by atoms with Crippen molar-refractivity contribution in [2.24, 2.45) is 17.2 Å². The molecule has 6 rings (SSSR count). The van der Waals surface area contributed by atoms with Crippen LogP contribution < -0.4 is 17.2 Å². The molecule has 0 saturated carbocycles. The molecule has 0 saturated heterocycles. The lowest BCUT2D eigenvalue weighted by molar-refractivity contribution is -0.138. The van der Waals surface area contributed by atoms with E-state index in [1.807, 2.05) is 0 Å². The second-order valence-corrected chi connectivity index (χ2v) is 18.8. The summed E-state index contributed by atoms with van der Waals surface area (Å²) >= 11 is 0. The van der Waals surface area contributed by atoms with Crippen LogP contribution in [0, 0.1) is 0 Å². The van der Waals surface area contributed by atoms with E-state index in [4.69, 9.17) is 17.2 Å². The second kappa shape index (κ2) is 19.8. The highest BCUT2D eigenvalue weighted by Gasteiger charge is 2.34. The Bertz CT molecular complexity index is 2870. The molecular formula is C41H35F9N4O6S3. The molecule has 10 nitrogen and oxygen atoms in total. The van der Waals surface area contributed by atoms with Gasteiger partial charge in [0.05, 0.1) is 51.8 Å². The third kappa shape index (κ3) is 12.5. The van der Waals surface area contributed by atoms with E-state index < -0.39 is 79.4 Å². The monoisotopic (exact) mass is 946 g/mol. The molecule has 0 aliphatic heterocycles. The number of nitrogens with two attached hydrogens (primary N) is 3. The molecule has 5 aromatic carbocycles. The van der Waals surface area contributed by atoms with Crippen molar-refractivity contribution in [3.63, 3.8) is 0 Å². The maximum absolute atomic E-state index is 12.7. The summed E-state index contributed by atoms with van der Waals surface area (Å²) in [6, 6.07) is 25.4. The van der Waals surface area contributed by atoms with Crippen LogP contribution in [-0.4, -0.2) is 30.2 Å². The molecule has 0 spiro atoms. The van der Waals surface area contributed by atoms with E-state index in [9.17, 15) is 64.8 Å². The SMILES string of the molecule is NCc1ccc(S(=O)(=O)c2cccc(C(F)(F)F)c2)cn1.NCc1cccc(S(=O)(=O)c2cccc(C(F)(F)F)c2)c1.NCc1ccccc1S(=O)(=O)c1cccc(C(F)(F)F)c1. The van der Waals surface area contributed by atoms with Crippen molar-refractivity contribution >= 4 is 29.5 Å². The molecule has 1 heterocycles. The number of hydrogen-bond acceptors (Lipinski definition) is 10. The summed E-state index contributed by atoms with van der Waals surface area (Å²) in [7, 11) is -12.1. The van der Waals surface area contributed by atoms with Crippen molar-refractivity contribution in [1.82, 2.24) is 4.98 Å². The predicted molar refractivity (Wildman–Crippen MR) is 211 cm³/mol. The predicted octanol–water partition coefficient (Wildman–Crippen LogP) is 8.39. The fourth-order valence-corrected chi connectivity index (χ4v) is 9.56. The molecule has 6 aromatic rings. The smallest absolute Gasteiger partial charge is 0.326 e. The average molecular weight is 947 g/mol. The maximum atomic E-state index is 12.7. The first kappa shape index (κ1) is 50.0. The van der Waals surface area contributed by atoms with Crippen LogP contribution in [0.5, 0.6) is 0 Å². The van der Waals surface area contributed by atoms with Crippen LogP contribution in [0.4, 0.5) is 39.5 Å². The Morgan fingerprint density at radius 1 is 0.413 bits per heavy atom. The quantitative estimate of drug-likeness (QED) is 0.119. The molecule has 0 bridgehead atoms. The standard InChI is InChI=1S/2C14H12F3NO2S.C13H11F3N2O2S/c15-14(16,17)11-4-2-6-13(8-11)21(19,20)12-5-1-3-10(7-12)9-18;15-14(16,17)11-5-3-6-12(8-11)21(19,20)13-7-2-1-4-10(13)9-18;14-13(15,16)9-2-1-3-11(6-9)21(19,20)12-5-4-10(7-17)18-8-12/h2*1-8H,9,18H2;1-6,8H,7,17H2. The molecule has 1 aromatic heterocycles. The molecular weight excluding hydrogens is 912 g/mol. The van der Waals surface area contributed by atoms with Crippen LogP contribution in [0.25, 0.3) is 0 Å². The van der Waals surface area contributed by atoms with Gasteiger partial charge in [-0.15, -0.1) is 0 Å². The Kier molecular flexibility index (Phi) is 15.7. The zero-order valence-corrected chi connectivity index (χ0v) is 34.6. The number of pyridine rings is 1. The van der Waals surface area contributed by atoms with Crippen molar-refractivity contribution in [3.05, 3.63) is 173 Å². The van der Waals surface area contributed by atoms with Crippen LogP contribution in [0.3, 0.4) is 0 Å². The van der Waals surface area contributed by atoms with Gasteiger partial charge in [0, 0.05) is 25.8 Å². The molecule has 6 N–H and O–H groups in total. The van der Waals surface area contributed by atoms with Gasteiger partial charge in [0.2, 0.25) is 29.5 Å². The van der Waals surface area contributed by atoms with Crippen LogP contribution in [0.2, 0.25) is 0 Å². The van der Waals surface area contributed by atoms with Gasteiger partial charge in [0.15, 0.2) is 0 Å². The van der Waals surface area contributed by atoms with E-state index in [2.05, 4.69) is 4.98 Å². The van der Waals surface area contributed by atoms with E-state index in [1.54, 1.807) is 12.1 Å². The van der Waals surface area contributed by atoms with Crippen LogP contribution in [0.15, 0.2) is 169 Å². The van der Waals surface area contributed by atoms with Gasteiger partial charge in [-0.1, -0.05) is 48.5 Å². The van der Waals surface area contributed by atoms with E-state index in [0.717, 1.165) is 60.8 Å². The molecule has 0 fully saturated rings. The highest BCUT2D eigenvalue weighted by atomic mass is 32.2. The highest BCUT2D eigenvalue weighted by Crippen LogP contribution is 2.35. The summed E-state index contributed by atoms with van der Waals surface area (Å²) in [6.07, 6.45) is -12.7. The van der Waals surface area contributed by atoms with Gasteiger partial charge in [-0.25, -0.2) is 25.3 Å². The number of benzene rings is 5. The molecule has 22 heteroatoms. The summed E-state index contributed by atoms with van der Waals surface area (Å²) in [6.45, 7) is 0.268. The third-order valence-corrected chi connectivity index (χ3v) is 14.0. The minimum absolute atomic E-state index is 0.0195.